The van der Waals surface area contributed by atoms with Crippen molar-refractivity contribution in [2.45, 2.75) is 4.90 Å². The summed E-state index contributed by atoms with van der Waals surface area (Å²) in [5.74, 6) is 0. The Bertz CT molecular complexity index is 377. The molecule has 0 spiro atoms. The molecule has 1 aromatic rings. The molecule has 0 bridgehead atoms. The summed E-state index contributed by atoms with van der Waals surface area (Å²) < 4.78 is 29.7. The maximum absolute atomic E-state index is 10.5. The van der Waals surface area contributed by atoms with Crippen molar-refractivity contribution >= 4 is 44.7 Å². The van der Waals surface area contributed by atoms with Crippen molar-refractivity contribution in [3.8, 4) is 0 Å². The van der Waals surface area contributed by atoms with Crippen LogP contribution in [0, 0.1) is 0 Å². The van der Waals surface area contributed by atoms with Gasteiger partial charge in [0.2, 0.25) is 0 Å². The first-order valence-corrected chi connectivity index (χ1v) is 5.35. The summed E-state index contributed by atoms with van der Waals surface area (Å²) in [5.41, 5.74) is 0. The molecular formula is C4H3Cl2KO3S2. The quantitative estimate of drug-likeness (QED) is 0.550. The van der Waals surface area contributed by atoms with E-state index in [4.69, 9.17) is 27.8 Å². The van der Waals surface area contributed by atoms with E-state index in [1.807, 2.05) is 0 Å². The fourth-order valence-electron chi connectivity index (χ4n) is 0.501. The summed E-state index contributed by atoms with van der Waals surface area (Å²) in [6.45, 7) is 0. The second-order valence-corrected chi connectivity index (χ2v) is 5.34. The Balaban J connectivity index is 0. The third kappa shape index (κ3) is 3.53. The fraction of sp³-hybridized carbons (Fsp3) is 0. The molecule has 3 nitrogen and oxygen atoms in total. The molecule has 1 heterocycles. The van der Waals surface area contributed by atoms with E-state index in [9.17, 15) is 8.42 Å². The third-order valence-corrected chi connectivity index (χ3v) is 3.51. The number of rotatable bonds is 1. The van der Waals surface area contributed by atoms with Crippen molar-refractivity contribution in [2.24, 2.45) is 0 Å². The van der Waals surface area contributed by atoms with Crippen molar-refractivity contribution in [3.63, 3.8) is 0 Å². The van der Waals surface area contributed by atoms with Crippen LogP contribution in [0.3, 0.4) is 0 Å². The molecule has 0 saturated heterocycles. The smallest absolute Gasteiger partial charge is 1.00 e. The van der Waals surface area contributed by atoms with E-state index in [1.165, 1.54) is 0 Å². The zero-order chi connectivity index (χ0) is 8.65. The summed E-state index contributed by atoms with van der Waals surface area (Å²) in [6.07, 6.45) is 0. The summed E-state index contributed by atoms with van der Waals surface area (Å²) >= 11 is 11.7. The van der Waals surface area contributed by atoms with Gasteiger partial charge in [-0.25, -0.2) is 0 Å². The Morgan fingerprint density at radius 1 is 1.50 bits per heavy atom. The summed E-state index contributed by atoms with van der Waals surface area (Å²) in [5, 5.41) is 0. The van der Waals surface area contributed by atoms with Crippen molar-refractivity contribution in [1.82, 2.24) is 0 Å². The van der Waals surface area contributed by atoms with Gasteiger partial charge in [-0.05, 0) is 6.07 Å². The van der Waals surface area contributed by atoms with Gasteiger partial charge in [0.1, 0.15) is 9.23 Å². The van der Waals surface area contributed by atoms with Gasteiger partial charge in [-0.2, -0.15) is 8.42 Å². The SMILES string of the molecule is O=S(=O)(O)c1cc(Cl)sc1Cl.[H-].[K+]. The van der Waals surface area contributed by atoms with E-state index in [0.717, 1.165) is 17.4 Å². The van der Waals surface area contributed by atoms with Gasteiger partial charge in [-0.3, -0.25) is 4.55 Å². The molecule has 0 fully saturated rings. The molecule has 0 aliphatic rings. The normalized spacial score (nSPS) is 10.9. The predicted octanol–water partition coefficient (Wildman–Crippen LogP) is -0.582. The number of hydrogen-bond acceptors (Lipinski definition) is 3. The first-order chi connectivity index (χ1) is 4.91. The predicted molar refractivity (Wildman–Crippen MR) is 45.3 cm³/mol. The second kappa shape index (κ2) is 5.06. The van der Waals surface area contributed by atoms with Gasteiger partial charge in [0.05, 0.1) is 4.34 Å². The van der Waals surface area contributed by atoms with Gasteiger partial charge < -0.3 is 1.43 Å². The third-order valence-electron chi connectivity index (χ3n) is 0.903. The molecular weight excluding hydrogens is 270 g/mol. The van der Waals surface area contributed by atoms with Gasteiger partial charge in [0.15, 0.2) is 0 Å². The monoisotopic (exact) mass is 272 g/mol. The van der Waals surface area contributed by atoms with E-state index in [2.05, 4.69) is 0 Å². The molecule has 0 aromatic carbocycles. The van der Waals surface area contributed by atoms with Crippen LogP contribution in [-0.4, -0.2) is 13.0 Å². The summed E-state index contributed by atoms with van der Waals surface area (Å²) in [6, 6.07) is 1.10. The molecule has 12 heavy (non-hydrogen) atoms. The van der Waals surface area contributed by atoms with Crippen LogP contribution in [0.2, 0.25) is 8.67 Å². The average Bonchev–Trinajstić information content (AvgIpc) is 2.08. The molecule has 1 aromatic heterocycles. The van der Waals surface area contributed by atoms with E-state index in [1.54, 1.807) is 0 Å². The van der Waals surface area contributed by atoms with Crippen molar-refractivity contribution in [1.29, 1.82) is 0 Å². The van der Waals surface area contributed by atoms with Gasteiger partial charge in [-0.1, -0.05) is 23.2 Å². The molecule has 0 aliphatic carbocycles. The molecule has 1 N–H and O–H groups in total. The summed E-state index contributed by atoms with van der Waals surface area (Å²) in [7, 11) is -4.22. The standard InChI is InChI=1S/C4H2Cl2O3S2.K.H/c5-3-1-2(4(6)10-3)11(7,8)9;;/h1H,(H,7,8,9);;/q;+1;-1. The average molecular weight is 273 g/mol. The Labute approximate surface area is 128 Å². The zero-order valence-electron chi connectivity index (χ0n) is 6.91. The first kappa shape index (κ1) is 13.8. The van der Waals surface area contributed by atoms with E-state index in [-0.39, 0.29) is 66.4 Å². The van der Waals surface area contributed by atoms with Gasteiger partial charge in [0.25, 0.3) is 10.1 Å². The van der Waals surface area contributed by atoms with Gasteiger partial charge in [-0.15, -0.1) is 11.3 Å². The number of hydrogen-bond donors (Lipinski definition) is 1. The van der Waals surface area contributed by atoms with E-state index < -0.39 is 10.1 Å². The Hall–Kier alpha value is 1.83. The largest absolute Gasteiger partial charge is 1.00 e. The minimum absolute atomic E-state index is 0. The maximum Gasteiger partial charge on any atom is 1.00 e. The second-order valence-electron chi connectivity index (χ2n) is 1.66. The van der Waals surface area contributed by atoms with Crippen LogP contribution >= 0.6 is 34.5 Å². The molecule has 0 aliphatic heterocycles. The topological polar surface area (TPSA) is 54.4 Å². The van der Waals surface area contributed by atoms with Crippen molar-refractivity contribution in [3.05, 3.63) is 14.7 Å². The molecule has 0 atom stereocenters. The van der Waals surface area contributed by atoms with Crippen LogP contribution in [0.1, 0.15) is 1.43 Å². The fourth-order valence-corrected chi connectivity index (χ4v) is 3.11. The Kier molecular flexibility index (Phi) is 5.83. The first-order valence-electron chi connectivity index (χ1n) is 2.33. The van der Waals surface area contributed by atoms with Crippen LogP contribution < -0.4 is 51.4 Å². The van der Waals surface area contributed by atoms with E-state index in [0.29, 0.717) is 0 Å². The van der Waals surface area contributed by atoms with Gasteiger partial charge >= 0.3 is 51.4 Å². The van der Waals surface area contributed by atoms with Gasteiger partial charge in [0, 0.05) is 0 Å². The van der Waals surface area contributed by atoms with E-state index >= 15 is 0 Å². The minimum Gasteiger partial charge on any atom is -1.00 e. The van der Waals surface area contributed by atoms with Crippen LogP contribution in [-0.2, 0) is 10.1 Å². The zero-order valence-corrected chi connectivity index (χ0v) is 12.2. The molecule has 0 amide bonds. The Morgan fingerprint density at radius 3 is 2.17 bits per heavy atom. The minimum atomic E-state index is -4.22. The maximum atomic E-state index is 10.5. The molecule has 8 heteroatoms. The Morgan fingerprint density at radius 2 is 2.00 bits per heavy atom. The number of thiophene rings is 1. The molecule has 64 valence electrons. The van der Waals surface area contributed by atoms with Crippen LogP contribution in [0.15, 0.2) is 11.0 Å². The van der Waals surface area contributed by atoms with Crippen LogP contribution in [0.5, 0.6) is 0 Å². The van der Waals surface area contributed by atoms with Crippen LogP contribution in [0.25, 0.3) is 0 Å². The molecule has 0 radical (unpaired) electrons. The van der Waals surface area contributed by atoms with Crippen molar-refractivity contribution < 1.29 is 65.8 Å². The molecule has 1 rings (SSSR count). The van der Waals surface area contributed by atoms with Crippen molar-refractivity contribution in [2.75, 3.05) is 0 Å². The summed E-state index contributed by atoms with van der Waals surface area (Å²) in [4.78, 5) is -0.339. The van der Waals surface area contributed by atoms with Crippen LogP contribution in [0.4, 0.5) is 0 Å². The molecule has 0 unspecified atom stereocenters. The molecule has 0 saturated carbocycles. The number of halogens is 2.